The number of benzene rings is 2. The van der Waals surface area contributed by atoms with E-state index in [1.165, 1.54) is 0 Å². The maximum Gasteiger partial charge on any atom is 0.435 e. The van der Waals surface area contributed by atoms with Crippen LogP contribution in [0.15, 0.2) is 54.7 Å². The fraction of sp³-hybridized carbons (Fsp3) is 0.105. The van der Waals surface area contributed by atoms with Gasteiger partial charge in [-0.15, -0.1) is 0 Å². The van der Waals surface area contributed by atoms with Crippen molar-refractivity contribution >= 4 is 28.9 Å². The minimum Gasteiger partial charge on any atom is -0.473 e. The van der Waals surface area contributed by atoms with E-state index in [0.717, 1.165) is 27.2 Å². The van der Waals surface area contributed by atoms with Crippen molar-refractivity contribution in [3.8, 4) is 11.6 Å². The summed E-state index contributed by atoms with van der Waals surface area (Å²) in [5.41, 5.74) is 5.06. The second kappa shape index (κ2) is 8.87. The van der Waals surface area contributed by atoms with Gasteiger partial charge in [-0.25, -0.2) is 0 Å². The lowest BCUT2D eigenvalue weighted by atomic mass is 10.2. The van der Waals surface area contributed by atoms with Gasteiger partial charge in [0.2, 0.25) is 12.3 Å². The van der Waals surface area contributed by atoms with Crippen LogP contribution >= 0.6 is 11.6 Å². The number of carbonyl (C=O) groups excluding carboxylic acids is 1. The third-order valence-electron chi connectivity index (χ3n) is 3.94. The van der Waals surface area contributed by atoms with Crippen LogP contribution in [0.25, 0.3) is 16.6 Å². The van der Waals surface area contributed by atoms with Crippen LogP contribution in [0.4, 0.5) is 13.2 Å². The molecule has 0 atom stereocenters. The first-order valence-corrected chi connectivity index (χ1v) is 8.83. The molecule has 4 aromatic rings. The predicted octanol–water partition coefficient (Wildman–Crippen LogP) is 4.10. The van der Waals surface area contributed by atoms with E-state index in [9.17, 15) is 13.2 Å². The Morgan fingerprint density at radius 2 is 1.93 bits per heavy atom. The number of aromatic nitrogens is 4. The Labute approximate surface area is 173 Å². The summed E-state index contributed by atoms with van der Waals surface area (Å²) in [5.74, 6) is -0.0530. The normalized spacial score (nSPS) is 11.1. The van der Waals surface area contributed by atoms with Crippen LogP contribution in [0.5, 0.6) is 5.88 Å². The van der Waals surface area contributed by atoms with Crippen molar-refractivity contribution in [2.24, 2.45) is 5.73 Å². The van der Waals surface area contributed by atoms with Gasteiger partial charge < -0.3 is 10.5 Å². The van der Waals surface area contributed by atoms with Crippen LogP contribution in [0.1, 0.15) is 11.3 Å². The smallest absolute Gasteiger partial charge is 0.435 e. The molecule has 0 bridgehead atoms. The Kier molecular flexibility index (Phi) is 6.26. The molecule has 2 aromatic heterocycles. The quantitative estimate of drug-likeness (QED) is 0.469. The molecule has 1 amide bonds. The number of primary amides is 1. The van der Waals surface area contributed by atoms with Crippen molar-refractivity contribution in [3.63, 3.8) is 0 Å². The van der Waals surface area contributed by atoms with E-state index < -0.39 is 11.9 Å². The lowest BCUT2D eigenvalue weighted by molar-refractivity contribution is -0.141. The van der Waals surface area contributed by atoms with Crippen molar-refractivity contribution in [1.29, 1.82) is 0 Å². The second-order valence-corrected chi connectivity index (χ2v) is 6.35. The summed E-state index contributed by atoms with van der Waals surface area (Å²) in [6.07, 6.45) is -2.69. The van der Waals surface area contributed by atoms with Crippen molar-refractivity contribution in [2.45, 2.75) is 12.8 Å². The molecule has 0 saturated heterocycles. The van der Waals surface area contributed by atoms with Gasteiger partial charge in [-0.2, -0.15) is 28.1 Å². The Balaban J connectivity index is 0.000000806. The van der Waals surface area contributed by atoms with Crippen LogP contribution < -0.4 is 10.5 Å². The number of alkyl halides is 3. The zero-order valence-electron chi connectivity index (χ0n) is 15.2. The molecular weight excluding hydrogens is 423 g/mol. The molecule has 0 fully saturated rings. The summed E-state index contributed by atoms with van der Waals surface area (Å²) in [5, 5.41) is 11.5. The van der Waals surface area contributed by atoms with Gasteiger partial charge >= 0.3 is 6.18 Å². The predicted molar refractivity (Wildman–Crippen MR) is 104 cm³/mol. The van der Waals surface area contributed by atoms with Gasteiger partial charge in [-0.1, -0.05) is 29.8 Å². The molecule has 156 valence electrons. The van der Waals surface area contributed by atoms with Gasteiger partial charge in [0.25, 0.3) is 0 Å². The summed E-state index contributed by atoms with van der Waals surface area (Å²) in [4.78, 5) is 8.58. The number of amides is 1. The fourth-order valence-corrected chi connectivity index (χ4v) is 2.86. The highest BCUT2D eigenvalue weighted by molar-refractivity contribution is 6.32. The molecule has 2 heterocycles. The van der Waals surface area contributed by atoms with Gasteiger partial charge in [0, 0.05) is 11.5 Å². The molecule has 0 aliphatic heterocycles. The third-order valence-corrected chi connectivity index (χ3v) is 4.26. The molecule has 7 nitrogen and oxygen atoms in total. The first-order valence-electron chi connectivity index (χ1n) is 8.46. The Bertz CT molecular complexity index is 1160. The van der Waals surface area contributed by atoms with E-state index in [2.05, 4.69) is 21.0 Å². The highest BCUT2D eigenvalue weighted by atomic mass is 35.5. The summed E-state index contributed by atoms with van der Waals surface area (Å²) in [6.45, 7) is 0.0641. The van der Waals surface area contributed by atoms with Crippen LogP contribution in [-0.2, 0) is 17.6 Å². The van der Waals surface area contributed by atoms with E-state index in [1.807, 2.05) is 12.1 Å². The van der Waals surface area contributed by atoms with E-state index in [1.54, 1.807) is 36.5 Å². The zero-order valence-corrected chi connectivity index (χ0v) is 16.0. The van der Waals surface area contributed by atoms with Crippen molar-refractivity contribution in [3.05, 3.63) is 71.0 Å². The van der Waals surface area contributed by atoms with E-state index in [-0.39, 0.29) is 23.9 Å². The highest BCUT2D eigenvalue weighted by Gasteiger charge is 2.35. The number of para-hydroxylation sites is 1. The lowest BCUT2D eigenvalue weighted by Gasteiger charge is -2.10. The fourth-order valence-electron chi connectivity index (χ4n) is 2.64. The number of aromatic amines is 1. The van der Waals surface area contributed by atoms with Crippen LogP contribution in [-0.4, -0.2) is 26.4 Å². The van der Waals surface area contributed by atoms with E-state index in [4.69, 9.17) is 21.1 Å². The molecule has 0 radical (unpaired) electrons. The topological polar surface area (TPSA) is 98.8 Å². The van der Waals surface area contributed by atoms with Crippen LogP contribution in [0, 0.1) is 0 Å². The maximum absolute atomic E-state index is 13.1. The average Bonchev–Trinajstić information content (AvgIpc) is 3.33. The molecule has 0 saturated carbocycles. The molecule has 2 aromatic carbocycles. The molecule has 0 aliphatic carbocycles. The maximum atomic E-state index is 13.1. The molecule has 3 N–H and O–H groups in total. The molecule has 11 heteroatoms. The van der Waals surface area contributed by atoms with E-state index >= 15 is 0 Å². The third kappa shape index (κ3) is 4.71. The summed E-state index contributed by atoms with van der Waals surface area (Å²) < 4.78 is 46.1. The standard InChI is InChI=1S/C18H12ClF3N4O.CH3NO/c19-13-3-1-2-4-15(13)26-17(8-16(25-26)18(20,21)22)27-10-11-5-6-14-12(7-11)9-23-24-14;2-1-3/h1-9H,10H2,(H,23,24);1H,(H2,2,3). The number of nitrogens with one attached hydrogen (secondary N) is 1. The molecule has 30 heavy (non-hydrogen) atoms. The summed E-state index contributed by atoms with van der Waals surface area (Å²) in [7, 11) is 0. The first kappa shape index (κ1) is 21.2. The molecule has 0 spiro atoms. The molecule has 4 rings (SSSR count). The number of H-pyrrole nitrogens is 1. The van der Waals surface area contributed by atoms with Crippen molar-refractivity contribution in [1.82, 2.24) is 20.0 Å². The Morgan fingerprint density at radius 1 is 1.20 bits per heavy atom. The monoisotopic (exact) mass is 437 g/mol. The molecular formula is C19H15ClF3N5O2. The minimum absolute atomic E-state index is 0.0530. The molecule has 0 unspecified atom stereocenters. The number of halogens is 4. The Hall–Kier alpha value is -3.53. The summed E-state index contributed by atoms with van der Waals surface area (Å²) in [6, 6.07) is 12.8. The van der Waals surface area contributed by atoms with Gasteiger partial charge in [0.05, 0.1) is 22.4 Å². The first-order chi connectivity index (χ1) is 14.3. The van der Waals surface area contributed by atoms with Crippen molar-refractivity contribution in [2.75, 3.05) is 0 Å². The number of hydrogen-bond donors (Lipinski definition) is 2. The minimum atomic E-state index is -4.60. The van der Waals surface area contributed by atoms with Gasteiger partial charge in [0.1, 0.15) is 6.61 Å². The number of nitrogens with zero attached hydrogens (tertiary/aromatic N) is 3. The largest absolute Gasteiger partial charge is 0.473 e. The SMILES string of the molecule is FC(F)(F)c1cc(OCc2ccc3[nH]ncc3c2)n(-c2ccccc2Cl)n1.NC=O. The van der Waals surface area contributed by atoms with Crippen molar-refractivity contribution < 1.29 is 22.7 Å². The number of carbonyl (C=O) groups is 1. The van der Waals surface area contributed by atoms with Gasteiger partial charge in [-0.3, -0.25) is 9.89 Å². The van der Waals surface area contributed by atoms with Gasteiger partial charge in [-0.05, 0) is 29.8 Å². The summed E-state index contributed by atoms with van der Waals surface area (Å²) >= 11 is 6.12. The number of rotatable bonds is 4. The average molecular weight is 438 g/mol. The highest BCUT2D eigenvalue weighted by Crippen LogP contribution is 2.33. The zero-order chi connectivity index (χ0) is 21.7. The lowest BCUT2D eigenvalue weighted by Crippen LogP contribution is -2.08. The van der Waals surface area contributed by atoms with Crippen LogP contribution in [0.2, 0.25) is 5.02 Å². The van der Waals surface area contributed by atoms with Crippen LogP contribution in [0.3, 0.4) is 0 Å². The van der Waals surface area contributed by atoms with E-state index in [0.29, 0.717) is 5.69 Å². The number of nitrogens with two attached hydrogens (primary N) is 1. The molecule has 0 aliphatic rings. The second-order valence-electron chi connectivity index (χ2n) is 5.95. The number of ether oxygens (including phenoxy) is 1. The Morgan fingerprint density at radius 3 is 2.63 bits per heavy atom. The number of hydrogen-bond acceptors (Lipinski definition) is 4. The van der Waals surface area contributed by atoms with Gasteiger partial charge in [0.15, 0.2) is 5.69 Å². The number of fused-ring (bicyclic) bond motifs is 1.